The standard InChI is InChI=1S/C18H21FN2O3S2/c1-13-4-9-16(10-17(13)26(23,24)21(2)3)20-18(22)12-25-11-14-5-7-15(19)8-6-14/h4-10H,11-12H2,1-3H3,(H,20,22). The Bertz CT molecular complexity index is 882. The van der Waals surface area contributed by atoms with E-state index in [4.69, 9.17) is 0 Å². The zero-order valence-corrected chi connectivity index (χ0v) is 16.5. The summed E-state index contributed by atoms with van der Waals surface area (Å²) in [5, 5.41) is 2.71. The molecule has 0 heterocycles. The molecule has 5 nitrogen and oxygen atoms in total. The van der Waals surface area contributed by atoms with Crippen molar-refractivity contribution in [3.8, 4) is 0 Å². The molecule has 0 aliphatic heterocycles. The molecule has 0 spiro atoms. The van der Waals surface area contributed by atoms with E-state index in [0.717, 1.165) is 9.87 Å². The molecule has 1 N–H and O–H groups in total. The summed E-state index contributed by atoms with van der Waals surface area (Å²) in [6.07, 6.45) is 0. The van der Waals surface area contributed by atoms with Crippen LogP contribution in [0.3, 0.4) is 0 Å². The third kappa shape index (κ3) is 5.30. The maximum Gasteiger partial charge on any atom is 0.242 e. The van der Waals surface area contributed by atoms with Crippen LogP contribution < -0.4 is 5.32 Å². The van der Waals surface area contributed by atoms with E-state index in [0.29, 0.717) is 17.0 Å². The van der Waals surface area contributed by atoms with E-state index in [1.807, 2.05) is 0 Å². The molecular weight excluding hydrogens is 375 g/mol. The van der Waals surface area contributed by atoms with Crippen LogP contribution in [0.25, 0.3) is 0 Å². The van der Waals surface area contributed by atoms with E-state index in [1.54, 1.807) is 31.2 Å². The van der Waals surface area contributed by atoms with Gasteiger partial charge in [0.2, 0.25) is 15.9 Å². The highest BCUT2D eigenvalue weighted by Gasteiger charge is 2.20. The molecule has 0 fully saturated rings. The summed E-state index contributed by atoms with van der Waals surface area (Å²) in [5.74, 6) is 0.275. The number of nitrogens with one attached hydrogen (secondary N) is 1. The number of aryl methyl sites for hydroxylation is 1. The third-order valence-electron chi connectivity index (χ3n) is 3.65. The smallest absolute Gasteiger partial charge is 0.242 e. The van der Waals surface area contributed by atoms with Crippen molar-refractivity contribution in [2.75, 3.05) is 25.2 Å². The van der Waals surface area contributed by atoms with Gasteiger partial charge in [0.05, 0.1) is 10.6 Å². The first kappa shape index (κ1) is 20.4. The highest BCUT2D eigenvalue weighted by molar-refractivity contribution is 7.99. The molecule has 0 bridgehead atoms. The number of benzene rings is 2. The average Bonchev–Trinajstić information content (AvgIpc) is 2.58. The lowest BCUT2D eigenvalue weighted by Gasteiger charge is -2.15. The van der Waals surface area contributed by atoms with Gasteiger partial charge in [-0.15, -0.1) is 11.8 Å². The highest BCUT2D eigenvalue weighted by atomic mass is 32.2. The summed E-state index contributed by atoms with van der Waals surface area (Å²) in [5.41, 5.74) is 1.98. The van der Waals surface area contributed by atoms with Crippen molar-refractivity contribution in [3.63, 3.8) is 0 Å². The van der Waals surface area contributed by atoms with Gasteiger partial charge >= 0.3 is 0 Å². The largest absolute Gasteiger partial charge is 0.325 e. The van der Waals surface area contributed by atoms with Gasteiger partial charge in [0.1, 0.15) is 5.82 Å². The summed E-state index contributed by atoms with van der Waals surface area (Å²) in [4.78, 5) is 12.3. The number of rotatable bonds is 7. The SMILES string of the molecule is Cc1ccc(NC(=O)CSCc2ccc(F)cc2)cc1S(=O)(=O)N(C)C. The van der Waals surface area contributed by atoms with Crippen molar-refractivity contribution in [2.45, 2.75) is 17.6 Å². The molecule has 1 amide bonds. The minimum Gasteiger partial charge on any atom is -0.325 e. The molecule has 0 aliphatic carbocycles. The Labute approximate surface area is 157 Å². The van der Waals surface area contributed by atoms with Gasteiger partial charge in [-0.2, -0.15) is 0 Å². The van der Waals surface area contributed by atoms with Crippen LogP contribution in [0.4, 0.5) is 10.1 Å². The van der Waals surface area contributed by atoms with Crippen molar-refractivity contribution in [1.29, 1.82) is 0 Å². The van der Waals surface area contributed by atoms with Crippen LogP contribution in [0, 0.1) is 12.7 Å². The Morgan fingerprint density at radius 1 is 1.15 bits per heavy atom. The summed E-state index contributed by atoms with van der Waals surface area (Å²) < 4.78 is 38.6. The van der Waals surface area contributed by atoms with Crippen LogP contribution in [0.1, 0.15) is 11.1 Å². The fraction of sp³-hybridized carbons (Fsp3) is 0.278. The van der Waals surface area contributed by atoms with Gasteiger partial charge in [0.15, 0.2) is 0 Å². The van der Waals surface area contributed by atoms with E-state index < -0.39 is 10.0 Å². The lowest BCUT2D eigenvalue weighted by Crippen LogP contribution is -2.23. The zero-order chi connectivity index (χ0) is 19.3. The van der Waals surface area contributed by atoms with E-state index >= 15 is 0 Å². The van der Waals surface area contributed by atoms with Gasteiger partial charge < -0.3 is 5.32 Å². The highest BCUT2D eigenvalue weighted by Crippen LogP contribution is 2.22. The van der Waals surface area contributed by atoms with Crippen LogP contribution in [0.5, 0.6) is 0 Å². The van der Waals surface area contributed by atoms with E-state index in [-0.39, 0.29) is 22.4 Å². The number of thioether (sulfide) groups is 1. The minimum absolute atomic E-state index is 0.166. The van der Waals surface area contributed by atoms with E-state index in [1.165, 1.54) is 44.1 Å². The Hall–Kier alpha value is -1.90. The first-order valence-corrected chi connectivity index (χ1v) is 10.4. The monoisotopic (exact) mass is 396 g/mol. The van der Waals surface area contributed by atoms with Crippen molar-refractivity contribution >= 4 is 33.4 Å². The average molecular weight is 397 g/mol. The van der Waals surface area contributed by atoms with Gasteiger partial charge in [-0.25, -0.2) is 17.1 Å². The van der Waals surface area contributed by atoms with E-state index in [9.17, 15) is 17.6 Å². The van der Waals surface area contributed by atoms with Crippen molar-refractivity contribution in [3.05, 3.63) is 59.4 Å². The van der Waals surface area contributed by atoms with E-state index in [2.05, 4.69) is 5.32 Å². The number of hydrogen-bond acceptors (Lipinski definition) is 4. The summed E-state index contributed by atoms with van der Waals surface area (Å²) >= 11 is 1.40. The van der Waals surface area contributed by atoms with Crippen LogP contribution in [0.15, 0.2) is 47.4 Å². The molecule has 2 rings (SSSR count). The Balaban J connectivity index is 1.97. The van der Waals surface area contributed by atoms with Crippen molar-refractivity contribution in [1.82, 2.24) is 4.31 Å². The zero-order valence-electron chi connectivity index (χ0n) is 14.8. The van der Waals surface area contributed by atoms with Crippen LogP contribution >= 0.6 is 11.8 Å². The topological polar surface area (TPSA) is 66.5 Å². The molecule has 0 aliphatic rings. The maximum atomic E-state index is 12.9. The molecule has 0 aromatic heterocycles. The summed E-state index contributed by atoms with van der Waals surface area (Å²) in [6, 6.07) is 10.9. The molecule has 0 unspecified atom stereocenters. The number of sulfonamides is 1. The van der Waals surface area contributed by atoms with Crippen molar-refractivity contribution < 1.29 is 17.6 Å². The first-order chi connectivity index (χ1) is 12.2. The summed E-state index contributed by atoms with van der Waals surface area (Å²) in [7, 11) is -0.647. The van der Waals surface area contributed by atoms with Gasteiger partial charge in [-0.3, -0.25) is 4.79 Å². The number of anilines is 1. The molecule has 0 saturated heterocycles. The number of carbonyl (C=O) groups is 1. The lowest BCUT2D eigenvalue weighted by atomic mass is 10.2. The quantitative estimate of drug-likeness (QED) is 0.780. The molecule has 26 heavy (non-hydrogen) atoms. The molecule has 2 aromatic carbocycles. The second kappa shape index (κ2) is 8.66. The van der Waals surface area contributed by atoms with Crippen LogP contribution in [-0.4, -0.2) is 38.5 Å². The second-order valence-corrected chi connectivity index (χ2v) is 9.04. The fourth-order valence-electron chi connectivity index (χ4n) is 2.19. The molecule has 0 radical (unpaired) electrons. The number of amides is 1. The van der Waals surface area contributed by atoms with Gasteiger partial charge in [-0.05, 0) is 42.3 Å². The minimum atomic E-state index is -3.58. The number of hydrogen-bond donors (Lipinski definition) is 1. The molecule has 2 aromatic rings. The van der Waals surface area contributed by atoms with Crippen LogP contribution in [0.2, 0.25) is 0 Å². The molecule has 0 saturated carbocycles. The lowest BCUT2D eigenvalue weighted by molar-refractivity contribution is -0.113. The van der Waals surface area contributed by atoms with Crippen molar-refractivity contribution in [2.24, 2.45) is 0 Å². The number of halogens is 1. The first-order valence-electron chi connectivity index (χ1n) is 7.85. The summed E-state index contributed by atoms with van der Waals surface area (Å²) in [6.45, 7) is 1.71. The molecular formula is C18H21FN2O3S2. The van der Waals surface area contributed by atoms with Gasteiger partial charge in [-0.1, -0.05) is 18.2 Å². The predicted molar refractivity (Wildman–Crippen MR) is 103 cm³/mol. The molecule has 140 valence electrons. The Kier molecular flexibility index (Phi) is 6.80. The number of nitrogens with zero attached hydrogens (tertiary/aromatic N) is 1. The second-order valence-electron chi connectivity index (χ2n) is 5.94. The maximum absolute atomic E-state index is 12.9. The molecule has 0 atom stereocenters. The van der Waals surface area contributed by atoms with Crippen LogP contribution in [-0.2, 0) is 20.6 Å². The van der Waals surface area contributed by atoms with Gasteiger partial charge in [0.25, 0.3) is 0 Å². The predicted octanol–water partition coefficient (Wildman–Crippen LogP) is 3.26. The van der Waals surface area contributed by atoms with Gasteiger partial charge in [0, 0.05) is 25.5 Å². The molecule has 8 heteroatoms. The third-order valence-corrected chi connectivity index (χ3v) is 6.61. The Morgan fingerprint density at radius 2 is 1.81 bits per heavy atom. The fourth-order valence-corrected chi connectivity index (χ4v) is 4.12. The normalized spacial score (nSPS) is 11.6. The Morgan fingerprint density at radius 3 is 2.42 bits per heavy atom. The number of carbonyl (C=O) groups excluding carboxylic acids is 1.